The molecule has 0 radical (unpaired) electrons. The van der Waals surface area contributed by atoms with E-state index in [1.54, 1.807) is 7.11 Å². The number of anilines is 1. The summed E-state index contributed by atoms with van der Waals surface area (Å²) in [6, 6.07) is 22.4. The number of hydrogen-bond acceptors (Lipinski definition) is 3. The summed E-state index contributed by atoms with van der Waals surface area (Å²) in [6.45, 7) is 3.34. The molecule has 0 aliphatic carbocycles. The topological polar surface area (TPSA) is 30.5 Å². The van der Waals surface area contributed by atoms with Crippen LogP contribution in [0.5, 0.6) is 11.5 Å². The van der Waals surface area contributed by atoms with Crippen LogP contribution in [0.15, 0.2) is 71.2 Å². The summed E-state index contributed by atoms with van der Waals surface area (Å²) in [4.78, 5) is 0. The summed E-state index contributed by atoms with van der Waals surface area (Å²) in [5, 5.41) is 3.41. The third-order valence-electron chi connectivity index (χ3n) is 4.21. The summed E-state index contributed by atoms with van der Waals surface area (Å²) in [6.07, 6.45) is 0. The fourth-order valence-electron chi connectivity index (χ4n) is 2.64. The van der Waals surface area contributed by atoms with Gasteiger partial charge in [-0.05, 0) is 60.0 Å². The first-order valence-corrected chi connectivity index (χ1v) is 9.28. The molecule has 3 rings (SSSR count). The molecule has 1 N–H and O–H groups in total. The normalized spacial score (nSPS) is 10.4. The minimum Gasteiger partial charge on any atom is -0.493 e. The summed E-state index contributed by atoms with van der Waals surface area (Å²) in [5.41, 5.74) is 4.61. The number of halogens is 1. The second-order valence-electron chi connectivity index (χ2n) is 6.06. The minimum atomic E-state index is 0.527. The average molecular weight is 412 g/mol. The molecule has 134 valence electrons. The number of aryl methyl sites for hydroxylation is 1. The van der Waals surface area contributed by atoms with Gasteiger partial charge in [0.2, 0.25) is 0 Å². The van der Waals surface area contributed by atoms with E-state index < -0.39 is 0 Å². The lowest BCUT2D eigenvalue weighted by Crippen LogP contribution is -2.02. The highest BCUT2D eigenvalue weighted by molar-refractivity contribution is 9.10. The van der Waals surface area contributed by atoms with Crippen molar-refractivity contribution in [3.8, 4) is 11.5 Å². The molecule has 3 nitrogen and oxygen atoms in total. The molecule has 4 heteroatoms. The van der Waals surface area contributed by atoms with Crippen LogP contribution in [0.4, 0.5) is 5.69 Å². The van der Waals surface area contributed by atoms with Crippen LogP contribution in [0.25, 0.3) is 0 Å². The highest BCUT2D eigenvalue weighted by atomic mass is 79.9. The van der Waals surface area contributed by atoms with Gasteiger partial charge in [-0.2, -0.15) is 0 Å². The molecule has 26 heavy (non-hydrogen) atoms. The highest BCUT2D eigenvalue weighted by Crippen LogP contribution is 2.29. The van der Waals surface area contributed by atoms with Crippen molar-refractivity contribution in [3.05, 3.63) is 87.9 Å². The molecule has 0 aliphatic rings. The Morgan fingerprint density at radius 1 is 0.923 bits per heavy atom. The molecule has 3 aromatic rings. The molecule has 0 aromatic heterocycles. The van der Waals surface area contributed by atoms with Gasteiger partial charge in [-0.25, -0.2) is 0 Å². The van der Waals surface area contributed by atoms with Crippen LogP contribution < -0.4 is 14.8 Å². The van der Waals surface area contributed by atoms with Crippen molar-refractivity contribution in [1.29, 1.82) is 0 Å². The van der Waals surface area contributed by atoms with E-state index in [2.05, 4.69) is 46.4 Å². The lowest BCUT2D eigenvalue weighted by Gasteiger charge is -2.14. The first kappa shape index (κ1) is 18.3. The number of nitrogens with one attached hydrogen (secondary N) is 1. The molecule has 0 aliphatic heterocycles. The van der Waals surface area contributed by atoms with Crippen LogP contribution in [-0.4, -0.2) is 7.11 Å². The van der Waals surface area contributed by atoms with Crippen LogP contribution in [0.1, 0.15) is 16.7 Å². The van der Waals surface area contributed by atoms with E-state index in [-0.39, 0.29) is 0 Å². The molecular weight excluding hydrogens is 390 g/mol. The first-order chi connectivity index (χ1) is 12.7. The average Bonchev–Trinajstić information content (AvgIpc) is 2.67. The van der Waals surface area contributed by atoms with E-state index in [0.29, 0.717) is 6.61 Å². The van der Waals surface area contributed by atoms with Crippen LogP contribution >= 0.6 is 15.9 Å². The van der Waals surface area contributed by atoms with Gasteiger partial charge in [0, 0.05) is 16.7 Å². The monoisotopic (exact) mass is 411 g/mol. The van der Waals surface area contributed by atoms with Crippen LogP contribution in [-0.2, 0) is 13.2 Å². The molecule has 0 unspecified atom stereocenters. The van der Waals surface area contributed by atoms with Crippen molar-refractivity contribution >= 4 is 21.6 Å². The Morgan fingerprint density at radius 2 is 1.69 bits per heavy atom. The van der Waals surface area contributed by atoms with Gasteiger partial charge in [-0.1, -0.05) is 46.3 Å². The molecule has 0 saturated carbocycles. The van der Waals surface area contributed by atoms with Crippen molar-refractivity contribution in [2.45, 2.75) is 20.1 Å². The van der Waals surface area contributed by atoms with E-state index in [1.807, 2.05) is 48.5 Å². The molecule has 0 heterocycles. The zero-order valence-corrected chi connectivity index (χ0v) is 16.5. The van der Waals surface area contributed by atoms with E-state index in [0.717, 1.165) is 33.8 Å². The van der Waals surface area contributed by atoms with Gasteiger partial charge in [-0.15, -0.1) is 0 Å². The van der Waals surface area contributed by atoms with Gasteiger partial charge in [0.15, 0.2) is 11.5 Å². The highest BCUT2D eigenvalue weighted by Gasteiger charge is 2.07. The Kier molecular flexibility index (Phi) is 6.18. The standard InChI is InChI=1S/C22H22BrNO2/c1-16-5-3-4-6-18(16)15-26-21-12-7-17(13-22(21)25-2)14-24-20-10-8-19(23)9-11-20/h3-13,24H,14-15H2,1-2H3. The minimum absolute atomic E-state index is 0.527. The van der Waals surface area contributed by atoms with Gasteiger partial charge in [0.25, 0.3) is 0 Å². The first-order valence-electron chi connectivity index (χ1n) is 8.49. The molecule has 0 atom stereocenters. The smallest absolute Gasteiger partial charge is 0.161 e. The maximum absolute atomic E-state index is 5.98. The van der Waals surface area contributed by atoms with E-state index in [1.165, 1.54) is 11.1 Å². The number of methoxy groups -OCH3 is 1. The Hall–Kier alpha value is -2.46. The summed E-state index contributed by atoms with van der Waals surface area (Å²) >= 11 is 3.45. The van der Waals surface area contributed by atoms with E-state index in [9.17, 15) is 0 Å². The maximum atomic E-state index is 5.98. The Balaban J connectivity index is 1.65. The Bertz CT molecular complexity index is 862. The zero-order valence-electron chi connectivity index (χ0n) is 15.0. The molecular formula is C22H22BrNO2. The SMILES string of the molecule is COc1cc(CNc2ccc(Br)cc2)ccc1OCc1ccccc1C. The second-order valence-corrected chi connectivity index (χ2v) is 6.98. The molecule has 0 amide bonds. The third-order valence-corrected chi connectivity index (χ3v) is 4.74. The lowest BCUT2D eigenvalue weighted by atomic mass is 10.1. The van der Waals surface area contributed by atoms with Crippen LogP contribution in [0, 0.1) is 6.92 Å². The number of benzene rings is 3. The molecule has 0 fully saturated rings. The lowest BCUT2D eigenvalue weighted by molar-refractivity contribution is 0.283. The Morgan fingerprint density at radius 3 is 2.42 bits per heavy atom. The predicted molar refractivity (Wildman–Crippen MR) is 110 cm³/mol. The number of hydrogen-bond donors (Lipinski definition) is 1. The Labute approximate surface area is 163 Å². The summed E-state index contributed by atoms with van der Waals surface area (Å²) in [7, 11) is 1.67. The van der Waals surface area contributed by atoms with Gasteiger partial charge < -0.3 is 14.8 Å². The van der Waals surface area contributed by atoms with Crippen LogP contribution in [0.3, 0.4) is 0 Å². The third kappa shape index (κ3) is 4.79. The van der Waals surface area contributed by atoms with E-state index >= 15 is 0 Å². The van der Waals surface area contributed by atoms with Gasteiger partial charge in [-0.3, -0.25) is 0 Å². The fraction of sp³-hybridized carbons (Fsp3) is 0.182. The molecule has 0 bridgehead atoms. The van der Waals surface area contributed by atoms with Gasteiger partial charge in [0.05, 0.1) is 7.11 Å². The van der Waals surface area contributed by atoms with Crippen molar-refractivity contribution < 1.29 is 9.47 Å². The second kappa shape index (κ2) is 8.77. The van der Waals surface area contributed by atoms with Crippen LogP contribution in [0.2, 0.25) is 0 Å². The zero-order chi connectivity index (χ0) is 18.4. The van der Waals surface area contributed by atoms with Crippen molar-refractivity contribution in [2.24, 2.45) is 0 Å². The van der Waals surface area contributed by atoms with Gasteiger partial charge >= 0.3 is 0 Å². The maximum Gasteiger partial charge on any atom is 0.161 e. The van der Waals surface area contributed by atoms with Crippen molar-refractivity contribution in [2.75, 3.05) is 12.4 Å². The molecule has 3 aromatic carbocycles. The predicted octanol–water partition coefficient (Wildman–Crippen LogP) is 5.96. The van der Waals surface area contributed by atoms with E-state index in [4.69, 9.17) is 9.47 Å². The van der Waals surface area contributed by atoms with Crippen molar-refractivity contribution in [3.63, 3.8) is 0 Å². The van der Waals surface area contributed by atoms with Gasteiger partial charge in [0.1, 0.15) is 6.61 Å². The quantitative estimate of drug-likeness (QED) is 0.520. The fourth-order valence-corrected chi connectivity index (χ4v) is 2.90. The summed E-state index contributed by atoms with van der Waals surface area (Å²) in [5.74, 6) is 1.50. The molecule has 0 spiro atoms. The van der Waals surface area contributed by atoms with Crippen molar-refractivity contribution in [1.82, 2.24) is 0 Å². The molecule has 0 saturated heterocycles. The number of ether oxygens (including phenoxy) is 2. The largest absolute Gasteiger partial charge is 0.493 e. The summed E-state index contributed by atoms with van der Waals surface area (Å²) < 4.78 is 12.6. The number of rotatable bonds is 7.